The van der Waals surface area contributed by atoms with E-state index >= 15 is 0 Å². The minimum Gasteiger partial charge on any atom is -0.310 e. The highest BCUT2D eigenvalue weighted by atomic mass is 32.2. The third kappa shape index (κ3) is 3.23. The largest absolute Gasteiger partial charge is 0.310 e. The van der Waals surface area contributed by atoms with Gasteiger partial charge in [0.2, 0.25) is 0 Å². The summed E-state index contributed by atoms with van der Waals surface area (Å²) in [7, 11) is 0. The summed E-state index contributed by atoms with van der Waals surface area (Å²) in [4.78, 5) is 13.4. The average Bonchev–Trinajstić information content (AvgIpc) is 3.25. The van der Waals surface area contributed by atoms with E-state index in [2.05, 4.69) is 26.3 Å². The quantitative estimate of drug-likeness (QED) is 0.731. The number of benzene rings is 1. The van der Waals surface area contributed by atoms with E-state index in [1.54, 1.807) is 11.3 Å². The summed E-state index contributed by atoms with van der Waals surface area (Å²) >= 11 is 3.20. The number of aromatic nitrogens is 3. The van der Waals surface area contributed by atoms with E-state index in [9.17, 15) is 0 Å². The van der Waals surface area contributed by atoms with Crippen molar-refractivity contribution in [2.45, 2.75) is 34.9 Å². The van der Waals surface area contributed by atoms with Gasteiger partial charge in [0.15, 0.2) is 9.50 Å². The van der Waals surface area contributed by atoms with Gasteiger partial charge in [0.1, 0.15) is 0 Å². The number of nitrogens with one attached hydrogen (secondary N) is 1. The first kappa shape index (κ1) is 13.2. The maximum Gasteiger partial charge on any atom is 0.194 e. The number of nitrogens with zero attached hydrogens (tertiary/aromatic N) is 3. The van der Waals surface area contributed by atoms with Gasteiger partial charge < -0.3 is 5.32 Å². The highest BCUT2D eigenvalue weighted by molar-refractivity contribution is 8.01. The second-order valence-electron chi connectivity index (χ2n) is 5.08. The fourth-order valence-electron chi connectivity index (χ4n) is 2.01. The molecule has 0 aliphatic heterocycles. The Labute approximate surface area is 131 Å². The van der Waals surface area contributed by atoms with Gasteiger partial charge in [-0.3, -0.25) is 0 Å². The Morgan fingerprint density at radius 1 is 1.19 bits per heavy atom. The number of para-hydroxylation sites is 1. The monoisotopic (exact) mass is 314 g/mol. The molecule has 0 unspecified atom stereocenters. The van der Waals surface area contributed by atoms with Crippen molar-refractivity contribution >= 4 is 33.3 Å². The van der Waals surface area contributed by atoms with E-state index in [-0.39, 0.29) is 0 Å². The van der Waals surface area contributed by atoms with Crippen molar-refractivity contribution in [1.82, 2.24) is 20.3 Å². The summed E-state index contributed by atoms with van der Waals surface area (Å²) in [6.07, 6.45) is 6.40. The minimum absolute atomic E-state index is 0.710. The fraction of sp³-hybridized carbons (Fsp3) is 0.267. The van der Waals surface area contributed by atoms with Crippen LogP contribution in [0.15, 0.2) is 46.2 Å². The van der Waals surface area contributed by atoms with Crippen molar-refractivity contribution in [2.24, 2.45) is 0 Å². The molecule has 1 aromatic carbocycles. The Balaban J connectivity index is 1.45. The van der Waals surface area contributed by atoms with Crippen molar-refractivity contribution in [2.75, 3.05) is 0 Å². The maximum absolute atomic E-state index is 4.59. The molecule has 0 radical (unpaired) electrons. The topological polar surface area (TPSA) is 50.7 Å². The molecule has 1 fully saturated rings. The molecule has 1 aliphatic rings. The predicted molar refractivity (Wildman–Crippen MR) is 85.6 cm³/mol. The lowest BCUT2D eigenvalue weighted by Crippen LogP contribution is -2.15. The zero-order valence-corrected chi connectivity index (χ0v) is 13.0. The Bertz CT molecular complexity index is 717. The molecule has 1 aliphatic carbocycles. The summed E-state index contributed by atoms with van der Waals surface area (Å²) in [5, 5.41) is 4.22. The molecule has 2 aromatic heterocycles. The van der Waals surface area contributed by atoms with Gasteiger partial charge in [-0.05, 0) is 36.7 Å². The fourth-order valence-corrected chi connectivity index (χ4v) is 3.88. The Kier molecular flexibility index (Phi) is 3.58. The summed E-state index contributed by atoms with van der Waals surface area (Å²) < 4.78 is 2.19. The Morgan fingerprint density at radius 3 is 2.76 bits per heavy atom. The van der Waals surface area contributed by atoms with Gasteiger partial charge in [0, 0.05) is 30.5 Å². The molecule has 2 heterocycles. The summed E-state index contributed by atoms with van der Waals surface area (Å²) in [6, 6.07) is 8.87. The van der Waals surface area contributed by atoms with Crippen molar-refractivity contribution < 1.29 is 0 Å². The van der Waals surface area contributed by atoms with Gasteiger partial charge in [0.25, 0.3) is 0 Å². The van der Waals surface area contributed by atoms with Crippen molar-refractivity contribution in [3.8, 4) is 0 Å². The van der Waals surface area contributed by atoms with Gasteiger partial charge in [-0.2, -0.15) is 0 Å². The van der Waals surface area contributed by atoms with Crippen LogP contribution in [0.2, 0.25) is 0 Å². The van der Waals surface area contributed by atoms with E-state index in [4.69, 9.17) is 0 Å². The molecule has 0 amide bonds. The van der Waals surface area contributed by atoms with Crippen LogP contribution in [0.5, 0.6) is 0 Å². The van der Waals surface area contributed by atoms with Gasteiger partial charge in [-0.25, -0.2) is 15.0 Å². The zero-order valence-electron chi connectivity index (χ0n) is 11.3. The van der Waals surface area contributed by atoms with E-state index in [0.717, 1.165) is 27.1 Å². The van der Waals surface area contributed by atoms with Gasteiger partial charge in [0.05, 0.1) is 10.2 Å². The molecule has 0 saturated heterocycles. The van der Waals surface area contributed by atoms with Crippen LogP contribution in [-0.2, 0) is 6.54 Å². The molecule has 21 heavy (non-hydrogen) atoms. The zero-order chi connectivity index (χ0) is 14.1. The van der Waals surface area contributed by atoms with E-state index in [1.807, 2.05) is 30.6 Å². The number of rotatable bonds is 5. The van der Waals surface area contributed by atoms with E-state index in [0.29, 0.717) is 6.04 Å². The number of fused-ring (bicyclic) bond motifs is 1. The number of hydrogen-bond donors (Lipinski definition) is 1. The second-order valence-corrected chi connectivity index (χ2v) is 7.32. The van der Waals surface area contributed by atoms with E-state index in [1.165, 1.54) is 29.3 Å². The van der Waals surface area contributed by atoms with E-state index < -0.39 is 0 Å². The highest BCUT2D eigenvalue weighted by Crippen LogP contribution is 2.32. The van der Waals surface area contributed by atoms with Crippen LogP contribution in [0.25, 0.3) is 10.2 Å². The lowest BCUT2D eigenvalue weighted by molar-refractivity contribution is 0.680. The number of thiazole rings is 1. The van der Waals surface area contributed by atoms with Crippen LogP contribution in [0.1, 0.15) is 18.4 Å². The third-order valence-electron chi connectivity index (χ3n) is 3.31. The molecule has 4 nitrogen and oxygen atoms in total. The van der Waals surface area contributed by atoms with Crippen LogP contribution in [-0.4, -0.2) is 21.0 Å². The first-order chi connectivity index (χ1) is 10.4. The Morgan fingerprint density at radius 2 is 2.00 bits per heavy atom. The predicted octanol–water partition coefficient (Wildman–Crippen LogP) is 3.49. The number of hydrogen-bond acceptors (Lipinski definition) is 6. The summed E-state index contributed by atoms with van der Waals surface area (Å²) in [6.45, 7) is 0.858. The molecule has 3 aromatic rings. The molecule has 4 rings (SSSR count). The summed E-state index contributed by atoms with van der Waals surface area (Å²) in [5.74, 6) is 0. The van der Waals surface area contributed by atoms with Gasteiger partial charge in [-0.15, -0.1) is 11.3 Å². The molecule has 0 bridgehead atoms. The average molecular weight is 314 g/mol. The molecule has 106 valence electrons. The van der Waals surface area contributed by atoms with Crippen molar-refractivity contribution in [3.05, 3.63) is 42.2 Å². The SMILES string of the molecule is c1ccc2sc(Sc3ncc(CNC4CC4)cn3)nc2c1. The molecule has 0 spiro atoms. The van der Waals surface area contributed by atoms with Crippen LogP contribution in [0.3, 0.4) is 0 Å². The second kappa shape index (κ2) is 5.71. The lowest BCUT2D eigenvalue weighted by Gasteiger charge is -2.02. The normalized spacial score (nSPS) is 14.7. The van der Waals surface area contributed by atoms with Crippen LogP contribution in [0.4, 0.5) is 0 Å². The molecular formula is C15H14N4S2. The molecule has 1 N–H and O–H groups in total. The third-order valence-corrected chi connectivity index (χ3v) is 5.30. The first-order valence-corrected chi connectivity index (χ1v) is 8.58. The van der Waals surface area contributed by atoms with Crippen LogP contribution >= 0.6 is 23.1 Å². The molecule has 6 heteroatoms. The molecule has 1 saturated carbocycles. The first-order valence-electron chi connectivity index (χ1n) is 6.94. The minimum atomic E-state index is 0.710. The van der Waals surface area contributed by atoms with Gasteiger partial charge >= 0.3 is 0 Å². The molecule has 0 atom stereocenters. The Hall–Kier alpha value is -1.50. The van der Waals surface area contributed by atoms with Crippen molar-refractivity contribution in [3.63, 3.8) is 0 Å². The molecular weight excluding hydrogens is 300 g/mol. The summed E-state index contributed by atoms with van der Waals surface area (Å²) in [5.41, 5.74) is 2.17. The lowest BCUT2D eigenvalue weighted by atomic mass is 10.3. The standard InChI is InChI=1S/C15H14N4S2/c1-2-4-13-12(3-1)19-15(20-13)21-14-17-8-10(9-18-14)7-16-11-5-6-11/h1-4,8-9,11,16H,5-7H2. The van der Waals surface area contributed by atoms with Crippen molar-refractivity contribution in [1.29, 1.82) is 0 Å². The maximum atomic E-state index is 4.59. The smallest absolute Gasteiger partial charge is 0.194 e. The van der Waals surface area contributed by atoms with Crippen LogP contribution in [0, 0.1) is 0 Å². The highest BCUT2D eigenvalue weighted by Gasteiger charge is 2.20. The van der Waals surface area contributed by atoms with Gasteiger partial charge in [-0.1, -0.05) is 12.1 Å². The van der Waals surface area contributed by atoms with Crippen LogP contribution < -0.4 is 5.32 Å².